The van der Waals surface area contributed by atoms with Crippen molar-refractivity contribution in [1.82, 2.24) is 0 Å². The van der Waals surface area contributed by atoms with E-state index in [4.69, 9.17) is 5.73 Å². The van der Waals surface area contributed by atoms with Crippen LogP contribution in [0.1, 0.15) is 11.1 Å². The number of nitrogens with zero attached hydrogens (tertiary/aromatic N) is 5. The van der Waals surface area contributed by atoms with Gasteiger partial charge in [0.05, 0.1) is 22.7 Å². The third-order valence-electron chi connectivity index (χ3n) is 4.35. The van der Waals surface area contributed by atoms with Crippen LogP contribution in [0.5, 0.6) is 0 Å². The van der Waals surface area contributed by atoms with Crippen LogP contribution in [0.3, 0.4) is 0 Å². The van der Waals surface area contributed by atoms with E-state index in [1.807, 2.05) is 93.5 Å². The van der Waals surface area contributed by atoms with Crippen LogP contribution < -0.4 is 10.6 Å². The largest absolute Gasteiger partial charge is 0.399 e. The summed E-state index contributed by atoms with van der Waals surface area (Å²) in [7, 11) is 4.01. The summed E-state index contributed by atoms with van der Waals surface area (Å²) in [6.07, 6.45) is 0. The molecule has 3 aromatic rings. The van der Waals surface area contributed by atoms with Gasteiger partial charge in [-0.05, 0) is 85.6 Å². The number of rotatable bonds is 5. The second-order valence-electron chi connectivity index (χ2n) is 6.82. The van der Waals surface area contributed by atoms with E-state index in [0.29, 0.717) is 0 Å². The highest BCUT2D eigenvalue weighted by molar-refractivity contribution is 5.59. The molecule has 0 amide bonds. The molecule has 0 saturated carbocycles. The molecule has 0 fully saturated rings. The molecule has 0 unspecified atom stereocenters. The summed E-state index contributed by atoms with van der Waals surface area (Å²) in [6, 6.07) is 19.2. The molecule has 142 valence electrons. The van der Waals surface area contributed by atoms with Crippen LogP contribution in [0.4, 0.5) is 34.1 Å². The van der Waals surface area contributed by atoms with E-state index in [9.17, 15) is 0 Å². The number of anilines is 2. The lowest BCUT2D eigenvalue weighted by Gasteiger charge is -2.11. The highest BCUT2D eigenvalue weighted by Gasteiger charge is 2.01. The van der Waals surface area contributed by atoms with E-state index in [0.717, 1.165) is 45.3 Å². The lowest BCUT2D eigenvalue weighted by molar-refractivity contribution is 1.13. The Hall–Kier alpha value is -3.54. The van der Waals surface area contributed by atoms with Crippen LogP contribution in [-0.4, -0.2) is 14.1 Å². The van der Waals surface area contributed by atoms with Gasteiger partial charge in [-0.3, -0.25) is 0 Å². The second kappa shape index (κ2) is 8.43. The van der Waals surface area contributed by atoms with Gasteiger partial charge >= 0.3 is 0 Å². The molecule has 0 aromatic heterocycles. The maximum absolute atomic E-state index is 5.91. The Morgan fingerprint density at radius 1 is 0.643 bits per heavy atom. The van der Waals surface area contributed by atoms with Gasteiger partial charge in [-0.25, -0.2) is 0 Å². The monoisotopic (exact) mass is 372 g/mol. The van der Waals surface area contributed by atoms with Crippen molar-refractivity contribution >= 4 is 34.1 Å². The zero-order valence-corrected chi connectivity index (χ0v) is 16.6. The average Bonchev–Trinajstić information content (AvgIpc) is 2.69. The highest BCUT2D eigenvalue weighted by atomic mass is 15.1. The molecule has 0 heterocycles. The summed E-state index contributed by atoms with van der Waals surface area (Å²) >= 11 is 0. The van der Waals surface area contributed by atoms with Crippen LogP contribution in [0, 0.1) is 13.8 Å². The molecule has 0 aliphatic carbocycles. The molecule has 0 atom stereocenters. The summed E-state index contributed by atoms with van der Waals surface area (Å²) in [5.74, 6) is 0. The molecule has 0 spiro atoms. The highest BCUT2D eigenvalue weighted by Crippen LogP contribution is 2.28. The fourth-order valence-electron chi connectivity index (χ4n) is 2.56. The van der Waals surface area contributed by atoms with Crippen molar-refractivity contribution in [2.24, 2.45) is 20.5 Å². The Morgan fingerprint density at radius 3 is 1.61 bits per heavy atom. The standard InChI is InChI=1S/C22H24N6/c1-15-14-22(16(2)13-21(15)23)27-26-18-7-5-17(6-8-18)24-25-19-9-11-20(12-10-19)28(3)4/h5-14H,23H2,1-4H3/b25-24+,27-26+. The first kappa shape index (κ1) is 19.2. The van der Waals surface area contributed by atoms with Crippen molar-refractivity contribution in [3.63, 3.8) is 0 Å². The van der Waals surface area contributed by atoms with Crippen molar-refractivity contribution in [1.29, 1.82) is 0 Å². The molecule has 0 radical (unpaired) electrons. The Bertz CT molecular complexity index is 1000. The normalized spacial score (nSPS) is 11.4. The van der Waals surface area contributed by atoms with E-state index in [-0.39, 0.29) is 0 Å². The molecule has 0 aliphatic rings. The predicted octanol–water partition coefficient (Wildman–Crippen LogP) is 6.78. The molecular formula is C22H24N6. The van der Waals surface area contributed by atoms with Gasteiger partial charge in [0.2, 0.25) is 0 Å². The van der Waals surface area contributed by atoms with E-state index < -0.39 is 0 Å². The lowest BCUT2D eigenvalue weighted by atomic mass is 10.1. The fourth-order valence-corrected chi connectivity index (χ4v) is 2.56. The van der Waals surface area contributed by atoms with Gasteiger partial charge in [0.1, 0.15) is 0 Å². The SMILES string of the molecule is Cc1cc(/N=N/c2ccc(/N=N/c3ccc(N(C)C)cc3)cc2)c(C)cc1N. The first-order valence-corrected chi connectivity index (χ1v) is 9.00. The van der Waals surface area contributed by atoms with Crippen molar-refractivity contribution in [3.8, 4) is 0 Å². The Balaban J connectivity index is 1.69. The van der Waals surface area contributed by atoms with Crippen molar-refractivity contribution in [2.75, 3.05) is 24.7 Å². The van der Waals surface area contributed by atoms with Gasteiger partial charge in [-0.1, -0.05) is 0 Å². The molecule has 3 aromatic carbocycles. The number of hydrogen-bond acceptors (Lipinski definition) is 6. The lowest BCUT2D eigenvalue weighted by Crippen LogP contribution is -2.07. The Morgan fingerprint density at radius 2 is 1.11 bits per heavy atom. The molecule has 0 saturated heterocycles. The molecule has 28 heavy (non-hydrogen) atoms. The van der Waals surface area contributed by atoms with Crippen LogP contribution in [-0.2, 0) is 0 Å². The zero-order valence-electron chi connectivity index (χ0n) is 16.6. The minimum atomic E-state index is 0.753. The fraction of sp³-hybridized carbons (Fsp3) is 0.182. The minimum Gasteiger partial charge on any atom is -0.399 e. The topological polar surface area (TPSA) is 78.7 Å². The molecular weight excluding hydrogens is 348 g/mol. The van der Waals surface area contributed by atoms with Gasteiger partial charge in [0.25, 0.3) is 0 Å². The molecule has 3 rings (SSSR count). The molecule has 2 N–H and O–H groups in total. The van der Waals surface area contributed by atoms with E-state index in [1.165, 1.54) is 0 Å². The number of benzene rings is 3. The average molecular weight is 372 g/mol. The summed E-state index contributed by atoms with van der Waals surface area (Å²) in [5, 5.41) is 17.2. The number of aryl methyl sites for hydroxylation is 2. The molecule has 6 heteroatoms. The number of nitrogens with two attached hydrogens (primary N) is 1. The maximum atomic E-state index is 5.91. The molecule has 6 nitrogen and oxygen atoms in total. The first-order valence-electron chi connectivity index (χ1n) is 9.00. The van der Waals surface area contributed by atoms with Crippen LogP contribution in [0.2, 0.25) is 0 Å². The summed E-state index contributed by atoms with van der Waals surface area (Å²) in [5.41, 5.74) is 12.9. The number of nitrogen functional groups attached to an aromatic ring is 1. The first-order chi connectivity index (χ1) is 13.4. The molecule has 0 bridgehead atoms. The predicted molar refractivity (Wildman–Crippen MR) is 116 cm³/mol. The third-order valence-corrected chi connectivity index (χ3v) is 4.35. The van der Waals surface area contributed by atoms with Gasteiger partial charge in [-0.15, -0.1) is 0 Å². The smallest absolute Gasteiger partial charge is 0.0890 e. The van der Waals surface area contributed by atoms with Gasteiger partial charge in [-0.2, -0.15) is 20.5 Å². The van der Waals surface area contributed by atoms with Crippen LogP contribution >= 0.6 is 0 Å². The van der Waals surface area contributed by atoms with E-state index in [2.05, 4.69) is 20.5 Å². The van der Waals surface area contributed by atoms with E-state index in [1.54, 1.807) is 0 Å². The van der Waals surface area contributed by atoms with Gasteiger partial charge in [0, 0.05) is 25.5 Å². The Labute approximate surface area is 165 Å². The Kier molecular flexibility index (Phi) is 5.79. The van der Waals surface area contributed by atoms with Crippen molar-refractivity contribution in [2.45, 2.75) is 13.8 Å². The van der Waals surface area contributed by atoms with Crippen molar-refractivity contribution < 1.29 is 0 Å². The summed E-state index contributed by atoms with van der Waals surface area (Å²) in [4.78, 5) is 2.04. The van der Waals surface area contributed by atoms with Crippen LogP contribution in [0.15, 0.2) is 81.1 Å². The minimum absolute atomic E-state index is 0.753. The third kappa shape index (κ3) is 4.79. The maximum Gasteiger partial charge on any atom is 0.0890 e. The van der Waals surface area contributed by atoms with E-state index >= 15 is 0 Å². The number of azo groups is 2. The summed E-state index contributed by atoms with van der Waals surface area (Å²) in [6.45, 7) is 3.93. The van der Waals surface area contributed by atoms with Crippen molar-refractivity contribution in [3.05, 3.63) is 71.8 Å². The van der Waals surface area contributed by atoms with Gasteiger partial charge in [0.15, 0.2) is 0 Å². The van der Waals surface area contributed by atoms with Gasteiger partial charge < -0.3 is 10.6 Å². The zero-order chi connectivity index (χ0) is 20.1. The number of hydrogen-bond donors (Lipinski definition) is 1. The summed E-state index contributed by atoms with van der Waals surface area (Å²) < 4.78 is 0. The molecule has 0 aliphatic heterocycles. The van der Waals surface area contributed by atoms with Crippen LogP contribution in [0.25, 0.3) is 0 Å². The quantitative estimate of drug-likeness (QED) is 0.395. The second-order valence-corrected chi connectivity index (χ2v) is 6.82.